The first-order chi connectivity index (χ1) is 9.44. The highest BCUT2D eigenvalue weighted by Crippen LogP contribution is 2.10. The average Bonchev–Trinajstić information content (AvgIpc) is 2.25. The van der Waals surface area contributed by atoms with E-state index < -0.39 is 32.2 Å². The van der Waals surface area contributed by atoms with Crippen molar-refractivity contribution in [3.8, 4) is 0 Å². The van der Waals surface area contributed by atoms with Crippen molar-refractivity contribution in [1.29, 1.82) is 0 Å². The molecule has 1 aromatic rings. The molecule has 1 aromatic carbocycles. The molecule has 0 spiro atoms. The lowest BCUT2D eigenvalue weighted by molar-refractivity contribution is -0.132. The molecule has 0 amide bonds. The Labute approximate surface area is 122 Å². The molecular weight excluding hydrogens is 324 g/mol. The number of carbonyl (C=O) groups excluding carboxylic acids is 2. The van der Waals surface area contributed by atoms with Crippen LogP contribution < -0.4 is 0 Å². The zero-order valence-electron chi connectivity index (χ0n) is 11.5. The molecule has 0 aromatic heterocycles. The molecule has 0 fully saturated rings. The van der Waals surface area contributed by atoms with Gasteiger partial charge < -0.3 is 8.37 Å². The molecule has 0 saturated heterocycles. The van der Waals surface area contributed by atoms with Crippen LogP contribution in [0.5, 0.6) is 0 Å². The predicted molar refractivity (Wildman–Crippen MR) is 72.0 cm³/mol. The summed E-state index contributed by atoms with van der Waals surface area (Å²) in [5.41, 5.74) is 0. The summed E-state index contributed by atoms with van der Waals surface area (Å²) in [7, 11) is -7.48. The first kappa shape index (κ1) is 19.1. The largest absolute Gasteiger partial charge is 0.346 e. The van der Waals surface area contributed by atoms with Crippen molar-refractivity contribution in [1.82, 2.24) is 0 Å². The van der Waals surface area contributed by atoms with E-state index in [1.54, 1.807) is 18.2 Å². The monoisotopic (exact) mass is 338 g/mol. The molecule has 21 heavy (non-hydrogen) atoms. The molecule has 118 valence electrons. The van der Waals surface area contributed by atoms with Crippen LogP contribution in [0.25, 0.3) is 0 Å². The lowest BCUT2D eigenvalue weighted by atomic mass is 10.4. The van der Waals surface area contributed by atoms with E-state index in [1.165, 1.54) is 12.1 Å². The normalized spacial score (nSPS) is 10.8. The van der Waals surface area contributed by atoms with Crippen LogP contribution >= 0.6 is 0 Å². The first-order valence-corrected chi connectivity index (χ1v) is 8.56. The van der Waals surface area contributed by atoms with Gasteiger partial charge in [0.2, 0.25) is 0 Å². The van der Waals surface area contributed by atoms with Crippen molar-refractivity contribution in [2.75, 3.05) is 6.26 Å². The van der Waals surface area contributed by atoms with Crippen molar-refractivity contribution in [3.63, 3.8) is 0 Å². The standard InChI is InChI=1S/C8H8O4S.C3H6O4S/c1-7(9)12-13(10,11)8-5-3-2-4-6-8;1-3(4)7-8(2,5)6/h2-6H,1H3;1-2H3. The number of benzene rings is 1. The highest BCUT2D eigenvalue weighted by atomic mass is 32.2. The van der Waals surface area contributed by atoms with Crippen LogP contribution in [0.4, 0.5) is 0 Å². The van der Waals surface area contributed by atoms with E-state index in [1.807, 2.05) is 0 Å². The van der Waals surface area contributed by atoms with E-state index in [0.717, 1.165) is 20.1 Å². The molecule has 0 radical (unpaired) electrons. The quantitative estimate of drug-likeness (QED) is 0.728. The molecule has 0 aliphatic carbocycles. The third-order valence-corrected chi connectivity index (χ3v) is 3.37. The molecule has 0 aliphatic rings. The number of carbonyl (C=O) groups is 2. The number of hydrogen-bond donors (Lipinski definition) is 0. The second-order valence-electron chi connectivity index (χ2n) is 3.62. The maximum Gasteiger partial charge on any atom is 0.341 e. The molecule has 1 rings (SSSR count). The molecule has 0 heterocycles. The van der Waals surface area contributed by atoms with Crippen molar-refractivity contribution in [3.05, 3.63) is 30.3 Å². The average molecular weight is 338 g/mol. The summed E-state index contributed by atoms with van der Waals surface area (Å²) >= 11 is 0. The van der Waals surface area contributed by atoms with E-state index in [9.17, 15) is 26.4 Å². The van der Waals surface area contributed by atoms with Crippen LogP contribution in [0.15, 0.2) is 35.2 Å². The van der Waals surface area contributed by atoms with Gasteiger partial charge in [-0.2, -0.15) is 16.8 Å². The zero-order chi connectivity index (χ0) is 16.7. The molecule has 0 bridgehead atoms. The Hall–Kier alpha value is -1.94. The van der Waals surface area contributed by atoms with Gasteiger partial charge in [-0.3, -0.25) is 9.59 Å². The Morgan fingerprint density at radius 3 is 1.57 bits per heavy atom. The Balaban J connectivity index is 0.000000433. The van der Waals surface area contributed by atoms with Crippen molar-refractivity contribution in [2.45, 2.75) is 18.7 Å². The third kappa shape index (κ3) is 9.57. The van der Waals surface area contributed by atoms with Crippen LogP contribution in [0.1, 0.15) is 13.8 Å². The van der Waals surface area contributed by atoms with E-state index in [-0.39, 0.29) is 4.90 Å². The molecule has 8 nitrogen and oxygen atoms in total. The van der Waals surface area contributed by atoms with Crippen LogP contribution in [-0.2, 0) is 38.2 Å². The Morgan fingerprint density at radius 2 is 1.29 bits per heavy atom. The SMILES string of the molecule is CC(=O)OS(=O)(=O)c1ccccc1.CC(=O)OS(C)(=O)=O. The highest BCUT2D eigenvalue weighted by Gasteiger charge is 2.16. The van der Waals surface area contributed by atoms with Crippen molar-refractivity contribution in [2.24, 2.45) is 0 Å². The summed E-state index contributed by atoms with van der Waals surface area (Å²) in [4.78, 5) is 20.3. The second-order valence-corrected chi connectivity index (χ2v) is 6.74. The molecular formula is C11H14O8S2. The van der Waals surface area contributed by atoms with Crippen molar-refractivity contribution < 1.29 is 34.8 Å². The van der Waals surface area contributed by atoms with Gasteiger partial charge >= 0.3 is 32.2 Å². The number of rotatable bonds is 3. The Kier molecular flexibility index (Phi) is 7.02. The maximum atomic E-state index is 11.2. The summed E-state index contributed by atoms with van der Waals surface area (Å²) < 4.78 is 50.3. The minimum atomic E-state index is -3.91. The lowest BCUT2D eigenvalue weighted by Gasteiger charge is -2.01. The summed E-state index contributed by atoms with van der Waals surface area (Å²) in [6.07, 6.45) is 0.814. The van der Waals surface area contributed by atoms with Crippen molar-refractivity contribution >= 4 is 32.2 Å². The lowest BCUT2D eigenvalue weighted by Crippen LogP contribution is -2.09. The van der Waals surface area contributed by atoms with Gasteiger partial charge in [-0.25, -0.2) is 0 Å². The molecule has 0 N–H and O–H groups in total. The van der Waals surface area contributed by atoms with E-state index in [0.29, 0.717) is 0 Å². The minimum Gasteiger partial charge on any atom is -0.346 e. The van der Waals surface area contributed by atoms with E-state index in [2.05, 4.69) is 8.37 Å². The molecule has 0 atom stereocenters. The van der Waals surface area contributed by atoms with Gasteiger partial charge in [0.25, 0.3) is 0 Å². The molecule has 10 heteroatoms. The van der Waals surface area contributed by atoms with Gasteiger partial charge in [0.15, 0.2) is 0 Å². The summed E-state index contributed by atoms with van der Waals surface area (Å²) in [5.74, 6) is -1.66. The summed E-state index contributed by atoms with van der Waals surface area (Å²) in [6, 6.07) is 7.50. The fourth-order valence-corrected chi connectivity index (χ4v) is 2.32. The first-order valence-electron chi connectivity index (χ1n) is 5.34. The minimum absolute atomic E-state index is 0.0230. The van der Waals surface area contributed by atoms with Gasteiger partial charge in [0.05, 0.1) is 6.26 Å². The van der Waals surface area contributed by atoms with Crippen LogP contribution in [0, 0.1) is 0 Å². The highest BCUT2D eigenvalue weighted by molar-refractivity contribution is 7.87. The molecule has 0 unspecified atom stereocenters. The Bertz CT molecular complexity index is 689. The molecule has 0 aliphatic heterocycles. The third-order valence-electron chi connectivity index (χ3n) is 1.53. The fourth-order valence-electron chi connectivity index (χ4n) is 1.00. The van der Waals surface area contributed by atoms with Gasteiger partial charge in [-0.05, 0) is 12.1 Å². The smallest absolute Gasteiger partial charge is 0.341 e. The fraction of sp³-hybridized carbons (Fsp3) is 0.273. The summed E-state index contributed by atoms with van der Waals surface area (Å²) in [5, 5.41) is 0. The van der Waals surface area contributed by atoms with Gasteiger partial charge in [0, 0.05) is 13.8 Å². The number of hydrogen-bond acceptors (Lipinski definition) is 8. The topological polar surface area (TPSA) is 121 Å². The van der Waals surface area contributed by atoms with Crippen LogP contribution in [0.3, 0.4) is 0 Å². The predicted octanol–water partition coefficient (Wildman–Crippen LogP) is 0.448. The molecule has 0 saturated carbocycles. The summed E-state index contributed by atoms with van der Waals surface area (Å²) in [6.45, 7) is 2.07. The zero-order valence-corrected chi connectivity index (χ0v) is 13.1. The second kappa shape index (κ2) is 7.74. The maximum absolute atomic E-state index is 11.2. The van der Waals surface area contributed by atoms with Gasteiger partial charge in [0.1, 0.15) is 4.90 Å². The Morgan fingerprint density at radius 1 is 0.857 bits per heavy atom. The van der Waals surface area contributed by atoms with Crippen LogP contribution in [-0.4, -0.2) is 35.0 Å². The van der Waals surface area contributed by atoms with Gasteiger partial charge in [-0.15, -0.1) is 0 Å². The van der Waals surface area contributed by atoms with E-state index >= 15 is 0 Å². The van der Waals surface area contributed by atoms with Gasteiger partial charge in [-0.1, -0.05) is 18.2 Å². The van der Waals surface area contributed by atoms with E-state index in [4.69, 9.17) is 0 Å². The van der Waals surface area contributed by atoms with Crippen LogP contribution in [0.2, 0.25) is 0 Å².